The average Bonchev–Trinajstić information content (AvgIpc) is 3.62. The van der Waals surface area contributed by atoms with Crippen LogP contribution in [0.5, 0.6) is 0 Å². The van der Waals surface area contributed by atoms with Gasteiger partial charge in [0, 0.05) is 67.2 Å². The van der Waals surface area contributed by atoms with E-state index in [9.17, 15) is 15.2 Å². The van der Waals surface area contributed by atoms with Crippen LogP contribution >= 0.6 is 11.3 Å². The fraction of sp³-hybridized carbons (Fsp3) is 0.404. The number of rotatable bonds is 11. The summed E-state index contributed by atoms with van der Waals surface area (Å²) in [7, 11) is 0. The van der Waals surface area contributed by atoms with E-state index in [1.54, 1.807) is 17.5 Å². The van der Waals surface area contributed by atoms with Gasteiger partial charge in [0.05, 0.1) is 16.2 Å². The molecule has 5 aromatic rings. The van der Waals surface area contributed by atoms with Gasteiger partial charge in [0.25, 0.3) is 0 Å². The van der Waals surface area contributed by atoms with E-state index in [2.05, 4.69) is 107 Å². The van der Waals surface area contributed by atoms with E-state index in [4.69, 9.17) is 4.98 Å². The maximum absolute atomic E-state index is 11.7. The Morgan fingerprint density at radius 1 is 0.889 bits per heavy atom. The van der Waals surface area contributed by atoms with Gasteiger partial charge in [-0.05, 0) is 48.5 Å². The van der Waals surface area contributed by atoms with E-state index in [1.807, 2.05) is 46.0 Å². The van der Waals surface area contributed by atoms with E-state index >= 15 is 0 Å². The Bertz CT molecular complexity index is 2070. The summed E-state index contributed by atoms with van der Waals surface area (Å²) in [6.45, 7) is 21.5. The van der Waals surface area contributed by atoms with Gasteiger partial charge in [0.1, 0.15) is 11.1 Å². The fourth-order valence-corrected chi connectivity index (χ4v) is 7.53. The largest absolute Gasteiger partial charge is 0.512 e. The van der Waals surface area contributed by atoms with Crippen LogP contribution in [0.1, 0.15) is 112 Å². The minimum absolute atomic E-state index is 0. The molecule has 1 N–H and O–H groups in total. The molecule has 1 radical (unpaired) electrons. The number of allylic oxidation sites excluding steroid dienone is 2. The molecule has 5 nitrogen and oxygen atoms in total. The van der Waals surface area contributed by atoms with Gasteiger partial charge in [0.15, 0.2) is 5.78 Å². The van der Waals surface area contributed by atoms with Crippen molar-refractivity contribution in [3.8, 4) is 38.3 Å². The van der Waals surface area contributed by atoms with E-state index in [0.29, 0.717) is 5.56 Å². The second-order valence-corrected chi connectivity index (χ2v) is 17.1. The van der Waals surface area contributed by atoms with Crippen LogP contribution in [0.3, 0.4) is 0 Å². The van der Waals surface area contributed by atoms with Crippen molar-refractivity contribution >= 4 is 27.9 Å². The minimum atomic E-state index is -0.0338. The van der Waals surface area contributed by atoms with Gasteiger partial charge in [-0.15, -0.1) is 40.5 Å². The molecular formula is C47H56IrN3O2S-. The molecule has 0 spiro atoms. The summed E-state index contributed by atoms with van der Waals surface area (Å²) < 4.78 is 0. The Balaban J connectivity index is 0.000000418. The summed E-state index contributed by atoms with van der Waals surface area (Å²) in [5.74, 6) is 0.547. The number of aliphatic hydroxyl groups is 1. The third-order valence-corrected chi connectivity index (χ3v) is 10.8. The molecule has 0 unspecified atom stereocenters. The molecule has 287 valence electrons. The number of nitriles is 1. The van der Waals surface area contributed by atoms with Gasteiger partial charge in [-0.2, -0.15) is 5.26 Å². The van der Waals surface area contributed by atoms with Crippen LogP contribution in [-0.2, 0) is 36.7 Å². The molecular weight excluding hydrogens is 863 g/mol. The van der Waals surface area contributed by atoms with E-state index in [0.717, 1.165) is 69.8 Å². The number of fused-ring (bicyclic) bond motifs is 1. The number of hydrogen-bond donors (Lipinski definition) is 1. The summed E-state index contributed by atoms with van der Waals surface area (Å²) in [5.41, 5.74) is 7.01. The Kier molecular flexibility index (Phi) is 16.1. The molecule has 54 heavy (non-hydrogen) atoms. The molecule has 5 rings (SSSR count). The number of thiazole rings is 1. The predicted octanol–water partition coefficient (Wildman–Crippen LogP) is 13.1. The number of pyridine rings is 1. The third kappa shape index (κ3) is 11.5. The van der Waals surface area contributed by atoms with Crippen molar-refractivity contribution in [2.45, 2.75) is 107 Å². The third-order valence-electron chi connectivity index (χ3n) is 9.67. The second kappa shape index (κ2) is 19.6. The van der Waals surface area contributed by atoms with Crippen LogP contribution in [0, 0.1) is 34.6 Å². The quantitative estimate of drug-likeness (QED) is 0.0810. The summed E-state index contributed by atoms with van der Waals surface area (Å²) in [6.07, 6.45) is 9.48. The summed E-state index contributed by atoms with van der Waals surface area (Å²) in [6, 6.07) is 27.1. The van der Waals surface area contributed by atoms with E-state index in [1.165, 1.54) is 22.6 Å². The van der Waals surface area contributed by atoms with Crippen LogP contribution in [0.25, 0.3) is 43.0 Å². The standard InChI is InChI=1S/C34H32N3S.C13H24O2.Ir/c1-33(2,3)18-22-11-13-23(14-12-22)32-37-21-31(38-32)28-17-30(36-20-26(28)19-35)25-15-24-9-7-8-10-27(24)29(16-25)34(4,5)6;1-5-10(6-2)12(14)9-13(15)11(7-3)8-4;/h7-14,16-17,20-21H,18H2,1-6H3;9-11,14H,5-8H2,1-4H3;/q-1;;/b;12-9-;. The maximum Gasteiger partial charge on any atom is 0.162 e. The zero-order valence-electron chi connectivity index (χ0n) is 33.6. The molecule has 0 bridgehead atoms. The normalized spacial score (nSPS) is 11.9. The van der Waals surface area contributed by atoms with Gasteiger partial charge < -0.3 is 5.11 Å². The number of aromatic nitrogens is 2. The van der Waals surface area contributed by atoms with Gasteiger partial charge in [-0.3, -0.25) is 9.78 Å². The van der Waals surface area contributed by atoms with Gasteiger partial charge >= 0.3 is 0 Å². The van der Waals surface area contributed by atoms with Crippen molar-refractivity contribution in [1.29, 1.82) is 5.26 Å². The molecule has 0 fully saturated rings. The number of benzene rings is 3. The van der Waals surface area contributed by atoms with E-state index in [-0.39, 0.29) is 54.3 Å². The van der Waals surface area contributed by atoms with Crippen LogP contribution < -0.4 is 0 Å². The van der Waals surface area contributed by atoms with Crippen molar-refractivity contribution in [2.75, 3.05) is 0 Å². The number of ketones is 1. The molecule has 3 aromatic carbocycles. The Morgan fingerprint density at radius 3 is 2.09 bits per heavy atom. The number of nitrogens with zero attached hydrogens (tertiary/aromatic N) is 3. The summed E-state index contributed by atoms with van der Waals surface area (Å²) in [5, 5.41) is 22.8. The Labute approximate surface area is 341 Å². The number of aliphatic hydroxyl groups excluding tert-OH is 1. The molecule has 0 atom stereocenters. The van der Waals surface area contributed by atoms with Crippen LogP contribution in [0.2, 0.25) is 0 Å². The zero-order valence-corrected chi connectivity index (χ0v) is 36.8. The van der Waals surface area contributed by atoms with Crippen molar-refractivity contribution in [3.05, 3.63) is 108 Å². The first-order valence-electron chi connectivity index (χ1n) is 19.0. The van der Waals surface area contributed by atoms with Crippen molar-refractivity contribution in [2.24, 2.45) is 17.3 Å². The maximum atomic E-state index is 11.7. The molecule has 0 aliphatic rings. The molecule has 0 aliphatic carbocycles. The number of carbonyl (C=O) groups excluding carboxylic acids is 1. The Morgan fingerprint density at radius 2 is 1.52 bits per heavy atom. The average molecular weight is 919 g/mol. The predicted molar refractivity (Wildman–Crippen MR) is 223 cm³/mol. The second-order valence-electron chi connectivity index (χ2n) is 16.1. The molecule has 0 saturated carbocycles. The fourth-order valence-electron chi connectivity index (χ4n) is 6.57. The molecule has 0 aliphatic heterocycles. The summed E-state index contributed by atoms with van der Waals surface area (Å²) >= 11 is 1.60. The molecule has 0 amide bonds. The molecule has 2 heterocycles. The smallest absolute Gasteiger partial charge is 0.162 e. The Hall–Kier alpha value is -3.95. The first kappa shape index (κ1) is 44.4. The van der Waals surface area contributed by atoms with Gasteiger partial charge in [0.2, 0.25) is 0 Å². The van der Waals surface area contributed by atoms with Crippen molar-refractivity contribution in [3.63, 3.8) is 0 Å². The zero-order chi connectivity index (χ0) is 38.9. The minimum Gasteiger partial charge on any atom is -0.512 e. The first-order chi connectivity index (χ1) is 25.1. The number of hydrogen-bond acceptors (Lipinski definition) is 6. The monoisotopic (exact) mass is 919 g/mol. The van der Waals surface area contributed by atoms with Gasteiger partial charge in [-0.25, -0.2) is 4.98 Å². The number of carbonyl (C=O) groups is 1. The van der Waals surface area contributed by atoms with Gasteiger partial charge in [-0.1, -0.05) is 129 Å². The topological polar surface area (TPSA) is 86.9 Å². The van der Waals surface area contributed by atoms with Crippen molar-refractivity contribution < 1.29 is 30.0 Å². The van der Waals surface area contributed by atoms with E-state index < -0.39 is 0 Å². The first-order valence-corrected chi connectivity index (χ1v) is 19.8. The summed E-state index contributed by atoms with van der Waals surface area (Å²) in [4.78, 5) is 22.1. The van der Waals surface area contributed by atoms with Crippen LogP contribution in [0.15, 0.2) is 84.9 Å². The SMILES string of the molecule is CC(C)(C)Cc1ccc(-c2ncc(-c3cc(-c4[c-]c5ccccc5c(C(C)(C)C)c4)ncc3C#N)s2)cc1.CCC(CC)C(=O)/C=C(\O)C(CC)CC.[Ir]. The molecule has 2 aromatic heterocycles. The molecule has 7 heteroatoms. The van der Waals surface area contributed by atoms with Crippen LogP contribution in [0.4, 0.5) is 0 Å². The molecule has 0 saturated heterocycles. The van der Waals surface area contributed by atoms with Crippen LogP contribution in [-0.4, -0.2) is 20.9 Å². The van der Waals surface area contributed by atoms with Crippen molar-refractivity contribution in [1.82, 2.24) is 9.97 Å².